The number of ether oxygens (including phenoxy) is 1. The Morgan fingerprint density at radius 3 is 2.52 bits per heavy atom. The van der Waals surface area contributed by atoms with Crippen LogP contribution in [0.5, 0.6) is 5.75 Å². The Morgan fingerprint density at radius 2 is 1.95 bits per heavy atom. The van der Waals surface area contributed by atoms with Crippen LogP contribution in [0.1, 0.15) is 27.2 Å². The molecule has 1 aromatic carbocycles. The van der Waals surface area contributed by atoms with Crippen LogP contribution < -0.4 is 10.5 Å². The molecule has 1 aliphatic heterocycles. The molecule has 0 saturated carbocycles. The third-order valence-corrected chi connectivity index (χ3v) is 6.37. The predicted octanol–water partition coefficient (Wildman–Crippen LogP) is 2.33. The first kappa shape index (κ1) is 16.1. The number of sulfonamides is 1. The lowest BCUT2D eigenvalue weighted by molar-refractivity contribution is 0.157. The molecular weight excluding hydrogens is 288 g/mol. The van der Waals surface area contributed by atoms with Crippen molar-refractivity contribution in [3.63, 3.8) is 0 Å². The number of nitrogen functional groups attached to an aromatic ring is 1. The van der Waals surface area contributed by atoms with E-state index in [1.54, 1.807) is 16.4 Å². The third kappa shape index (κ3) is 3.01. The fourth-order valence-corrected chi connectivity index (χ4v) is 4.94. The third-order valence-electron chi connectivity index (χ3n) is 4.35. The summed E-state index contributed by atoms with van der Waals surface area (Å²) >= 11 is 0. The SMILES string of the molecule is COc1ccc(S(=O)(=O)N2CC(C)CC(C)C2C)c(N)c1. The van der Waals surface area contributed by atoms with Gasteiger partial charge < -0.3 is 10.5 Å². The molecule has 0 spiro atoms. The summed E-state index contributed by atoms with van der Waals surface area (Å²) in [7, 11) is -2.05. The van der Waals surface area contributed by atoms with E-state index < -0.39 is 10.0 Å². The highest BCUT2D eigenvalue weighted by molar-refractivity contribution is 7.89. The Balaban J connectivity index is 2.41. The van der Waals surface area contributed by atoms with Gasteiger partial charge in [0.15, 0.2) is 0 Å². The molecule has 1 aliphatic rings. The molecule has 2 rings (SSSR count). The van der Waals surface area contributed by atoms with E-state index in [2.05, 4.69) is 13.8 Å². The number of anilines is 1. The van der Waals surface area contributed by atoms with Crippen LogP contribution in [0.15, 0.2) is 23.1 Å². The smallest absolute Gasteiger partial charge is 0.245 e. The first-order valence-corrected chi connectivity index (χ1v) is 8.66. The van der Waals surface area contributed by atoms with Crippen LogP contribution in [0, 0.1) is 11.8 Å². The second-order valence-corrected chi connectivity index (χ2v) is 7.90. The Kier molecular flexibility index (Phi) is 4.49. The average Bonchev–Trinajstić information content (AvgIpc) is 2.42. The second-order valence-electron chi connectivity index (χ2n) is 6.04. The summed E-state index contributed by atoms with van der Waals surface area (Å²) in [5, 5.41) is 0. The lowest BCUT2D eigenvalue weighted by Gasteiger charge is -2.40. The van der Waals surface area contributed by atoms with Gasteiger partial charge in [0.25, 0.3) is 0 Å². The summed E-state index contributed by atoms with van der Waals surface area (Å²) in [4.78, 5) is 0.163. The van der Waals surface area contributed by atoms with Gasteiger partial charge in [-0.3, -0.25) is 0 Å². The van der Waals surface area contributed by atoms with Crippen LogP contribution in [-0.4, -0.2) is 32.4 Å². The Labute approximate surface area is 127 Å². The Morgan fingerprint density at radius 1 is 1.29 bits per heavy atom. The number of nitrogens with zero attached hydrogens (tertiary/aromatic N) is 1. The highest BCUT2D eigenvalue weighted by Crippen LogP contribution is 2.34. The van der Waals surface area contributed by atoms with E-state index in [-0.39, 0.29) is 16.6 Å². The molecule has 0 aromatic heterocycles. The van der Waals surface area contributed by atoms with Gasteiger partial charge in [0.05, 0.1) is 12.8 Å². The molecular formula is C15H24N2O3S. The normalized spacial score (nSPS) is 27.5. The van der Waals surface area contributed by atoms with E-state index in [1.807, 2.05) is 6.92 Å². The van der Waals surface area contributed by atoms with E-state index in [9.17, 15) is 8.42 Å². The quantitative estimate of drug-likeness (QED) is 0.869. The zero-order chi connectivity index (χ0) is 15.8. The van der Waals surface area contributed by atoms with Gasteiger partial charge in [-0.15, -0.1) is 0 Å². The Hall–Kier alpha value is -1.27. The summed E-state index contributed by atoms with van der Waals surface area (Å²) in [5.41, 5.74) is 6.15. The van der Waals surface area contributed by atoms with Gasteiger partial charge in [0.1, 0.15) is 10.6 Å². The predicted molar refractivity (Wildman–Crippen MR) is 83.7 cm³/mol. The first-order valence-electron chi connectivity index (χ1n) is 7.22. The zero-order valence-corrected chi connectivity index (χ0v) is 13.9. The van der Waals surface area contributed by atoms with E-state index in [4.69, 9.17) is 10.5 Å². The molecule has 0 radical (unpaired) electrons. The monoisotopic (exact) mass is 312 g/mol. The lowest BCUT2D eigenvalue weighted by Crippen LogP contribution is -2.48. The van der Waals surface area contributed by atoms with Crippen LogP contribution in [0.2, 0.25) is 0 Å². The van der Waals surface area contributed by atoms with Crippen LogP contribution >= 0.6 is 0 Å². The van der Waals surface area contributed by atoms with Gasteiger partial charge in [0.2, 0.25) is 10.0 Å². The molecule has 5 nitrogen and oxygen atoms in total. The highest BCUT2D eigenvalue weighted by Gasteiger charge is 2.37. The summed E-state index contributed by atoms with van der Waals surface area (Å²) in [6.45, 7) is 6.69. The number of benzene rings is 1. The molecule has 3 unspecified atom stereocenters. The fourth-order valence-electron chi connectivity index (χ4n) is 3.00. The van der Waals surface area contributed by atoms with Crippen molar-refractivity contribution in [2.45, 2.75) is 38.1 Å². The minimum Gasteiger partial charge on any atom is -0.497 e. The highest BCUT2D eigenvalue weighted by atomic mass is 32.2. The minimum atomic E-state index is -3.58. The molecule has 1 heterocycles. The number of piperidine rings is 1. The topological polar surface area (TPSA) is 72.6 Å². The number of hydrogen-bond acceptors (Lipinski definition) is 4. The van der Waals surface area contributed by atoms with Crippen LogP contribution in [-0.2, 0) is 10.0 Å². The molecule has 2 N–H and O–H groups in total. The second kappa shape index (κ2) is 5.85. The van der Waals surface area contributed by atoms with Crippen molar-refractivity contribution in [3.05, 3.63) is 18.2 Å². The fraction of sp³-hybridized carbons (Fsp3) is 0.600. The van der Waals surface area contributed by atoms with E-state index in [1.165, 1.54) is 13.2 Å². The Bertz CT molecular complexity index is 615. The van der Waals surface area contributed by atoms with Gasteiger partial charge in [-0.1, -0.05) is 13.8 Å². The van der Waals surface area contributed by atoms with Gasteiger partial charge in [-0.05, 0) is 37.3 Å². The van der Waals surface area contributed by atoms with Gasteiger partial charge in [-0.25, -0.2) is 8.42 Å². The number of hydrogen-bond donors (Lipinski definition) is 1. The summed E-state index contributed by atoms with van der Waals surface area (Å²) in [5.74, 6) is 1.24. The molecule has 21 heavy (non-hydrogen) atoms. The minimum absolute atomic E-state index is 0.0206. The summed E-state index contributed by atoms with van der Waals surface area (Å²) in [6, 6.07) is 4.69. The van der Waals surface area contributed by atoms with E-state index in [0.717, 1.165) is 6.42 Å². The number of rotatable bonds is 3. The zero-order valence-electron chi connectivity index (χ0n) is 13.0. The first-order chi connectivity index (χ1) is 9.77. The number of methoxy groups -OCH3 is 1. The molecule has 1 fully saturated rings. The van der Waals surface area contributed by atoms with Crippen molar-refractivity contribution in [2.24, 2.45) is 11.8 Å². The van der Waals surface area contributed by atoms with Crippen molar-refractivity contribution in [1.82, 2.24) is 4.31 Å². The van der Waals surface area contributed by atoms with Crippen LogP contribution in [0.25, 0.3) is 0 Å². The largest absolute Gasteiger partial charge is 0.497 e. The van der Waals surface area contributed by atoms with Gasteiger partial charge in [0, 0.05) is 18.7 Å². The lowest BCUT2D eigenvalue weighted by atomic mass is 9.88. The van der Waals surface area contributed by atoms with Crippen molar-refractivity contribution in [3.8, 4) is 5.75 Å². The molecule has 118 valence electrons. The molecule has 0 aliphatic carbocycles. The van der Waals surface area contributed by atoms with E-state index in [0.29, 0.717) is 24.1 Å². The average molecular weight is 312 g/mol. The molecule has 6 heteroatoms. The maximum absolute atomic E-state index is 12.9. The van der Waals surface area contributed by atoms with Crippen LogP contribution in [0.3, 0.4) is 0 Å². The van der Waals surface area contributed by atoms with Crippen molar-refractivity contribution < 1.29 is 13.2 Å². The molecule has 3 atom stereocenters. The number of nitrogens with two attached hydrogens (primary N) is 1. The standard InChI is InChI=1S/C15H24N2O3S/c1-10-7-11(2)12(3)17(9-10)21(18,19)15-6-5-13(20-4)8-14(15)16/h5-6,8,10-12H,7,9,16H2,1-4H3. The van der Waals surface area contributed by atoms with Crippen molar-refractivity contribution in [1.29, 1.82) is 0 Å². The van der Waals surface area contributed by atoms with Crippen molar-refractivity contribution in [2.75, 3.05) is 19.4 Å². The molecule has 0 bridgehead atoms. The molecule has 1 saturated heterocycles. The van der Waals surface area contributed by atoms with Crippen molar-refractivity contribution >= 4 is 15.7 Å². The summed E-state index contributed by atoms with van der Waals surface area (Å²) in [6.07, 6.45) is 1.05. The van der Waals surface area contributed by atoms with E-state index >= 15 is 0 Å². The van der Waals surface area contributed by atoms with Crippen LogP contribution in [0.4, 0.5) is 5.69 Å². The molecule has 1 aromatic rings. The van der Waals surface area contributed by atoms with Gasteiger partial charge >= 0.3 is 0 Å². The maximum Gasteiger partial charge on any atom is 0.245 e. The maximum atomic E-state index is 12.9. The molecule has 0 amide bonds. The van der Waals surface area contributed by atoms with Gasteiger partial charge in [-0.2, -0.15) is 4.31 Å². The summed E-state index contributed by atoms with van der Waals surface area (Å²) < 4.78 is 32.5.